The van der Waals surface area contributed by atoms with Crippen LogP contribution >= 0.6 is 0 Å². The van der Waals surface area contributed by atoms with Gasteiger partial charge >= 0.3 is 12.0 Å². The van der Waals surface area contributed by atoms with Gasteiger partial charge in [0, 0.05) is 13.0 Å². The fourth-order valence-corrected chi connectivity index (χ4v) is 1.93. The molecule has 0 aliphatic carbocycles. The Balaban J connectivity index is 1.90. The predicted molar refractivity (Wildman–Crippen MR) is 76.9 cm³/mol. The monoisotopic (exact) mass is 306 g/mol. The minimum Gasteiger partial charge on any atom is -0.481 e. The number of amides is 2. The van der Waals surface area contributed by atoms with Gasteiger partial charge in [-0.05, 0) is 30.7 Å². The highest BCUT2D eigenvalue weighted by Gasteiger charge is 2.16. The van der Waals surface area contributed by atoms with Crippen LogP contribution in [0.1, 0.15) is 24.4 Å². The SMILES string of the molecule is O=C(O)CCCNC(=O)N(Cc1ccco1)Cc1ccco1. The maximum atomic E-state index is 12.2. The van der Waals surface area contributed by atoms with Gasteiger partial charge in [-0.15, -0.1) is 0 Å². The zero-order valence-electron chi connectivity index (χ0n) is 12.0. The van der Waals surface area contributed by atoms with E-state index in [0.717, 1.165) is 0 Å². The first-order valence-electron chi connectivity index (χ1n) is 6.94. The summed E-state index contributed by atoms with van der Waals surface area (Å²) in [5.41, 5.74) is 0. The van der Waals surface area contributed by atoms with E-state index in [2.05, 4.69) is 5.32 Å². The van der Waals surface area contributed by atoms with Crippen molar-refractivity contribution in [1.82, 2.24) is 10.2 Å². The van der Waals surface area contributed by atoms with Crippen molar-refractivity contribution in [3.8, 4) is 0 Å². The molecule has 0 aliphatic heterocycles. The molecule has 2 rings (SSSR count). The normalized spacial score (nSPS) is 10.4. The second-order valence-electron chi connectivity index (χ2n) is 4.74. The van der Waals surface area contributed by atoms with Gasteiger partial charge in [0.2, 0.25) is 0 Å². The van der Waals surface area contributed by atoms with Crippen molar-refractivity contribution in [2.75, 3.05) is 6.54 Å². The van der Waals surface area contributed by atoms with E-state index in [4.69, 9.17) is 13.9 Å². The van der Waals surface area contributed by atoms with Gasteiger partial charge in [0.25, 0.3) is 0 Å². The summed E-state index contributed by atoms with van der Waals surface area (Å²) in [5, 5.41) is 11.3. The Labute approximate surface area is 127 Å². The molecule has 0 fully saturated rings. The summed E-state index contributed by atoms with van der Waals surface area (Å²) in [7, 11) is 0. The van der Waals surface area contributed by atoms with Crippen molar-refractivity contribution in [3.63, 3.8) is 0 Å². The van der Waals surface area contributed by atoms with E-state index in [1.807, 2.05) is 0 Å². The van der Waals surface area contributed by atoms with Crippen LogP contribution in [0.4, 0.5) is 4.79 Å². The Morgan fingerprint density at radius 1 is 1.09 bits per heavy atom. The van der Waals surface area contributed by atoms with Gasteiger partial charge in [0.1, 0.15) is 11.5 Å². The second kappa shape index (κ2) is 7.92. The Hall–Kier alpha value is -2.70. The van der Waals surface area contributed by atoms with E-state index in [0.29, 0.717) is 37.6 Å². The summed E-state index contributed by atoms with van der Waals surface area (Å²) in [6, 6.07) is 6.79. The molecule has 2 aromatic heterocycles. The number of furan rings is 2. The highest BCUT2D eigenvalue weighted by atomic mass is 16.4. The lowest BCUT2D eigenvalue weighted by molar-refractivity contribution is -0.137. The van der Waals surface area contributed by atoms with E-state index in [1.54, 1.807) is 41.7 Å². The first-order valence-corrected chi connectivity index (χ1v) is 6.94. The summed E-state index contributed by atoms with van der Waals surface area (Å²) in [6.07, 6.45) is 3.50. The first-order chi connectivity index (χ1) is 10.6. The molecule has 2 aromatic rings. The van der Waals surface area contributed by atoms with Crippen LogP contribution in [-0.4, -0.2) is 28.6 Å². The van der Waals surface area contributed by atoms with Crippen LogP contribution in [0.3, 0.4) is 0 Å². The first kappa shape index (κ1) is 15.7. The number of carbonyl (C=O) groups is 2. The van der Waals surface area contributed by atoms with Crippen LogP contribution in [0.2, 0.25) is 0 Å². The van der Waals surface area contributed by atoms with Crippen LogP contribution in [0.15, 0.2) is 45.6 Å². The number of aliphatic carboxylic acids is 1. The molecule has 2 N–H and O–H groups in total. The number of hydrogen-bond donors (Lipinski definition) is 2. The number of rotatable bonds is 8. The lowest BCUT2D eigenvalue weighted by Gasteiger charge is -2.21. The molecule has 0 radical (unpaired) electrons. The topological polar surface area (TPSA) is 95.9 Å². The molecule has 0 aromatic carbocycles. The zero-order chi connectivity index (χ0) is 15.8. The number of nitrogens with zero attached hydrogens (tertiary/aromatic N) is 1. The number of carboxylic acids is 1. The van der Waals surface area contributed by atoms with Crippen LogP contribution in [-0.2, 0) is 17.9 Å². The molecule has 22 heavy (non-hydrogen) atoms. The largest absolute Gasteiger partial charge is 0.481 e. The molecule has 0 bridgehead atoms. The molecule has 0 atom stereocenters. The standard InChI is InChI=1S/C15H18N2O5/c18-14(19)6-1-7-16-15(20)17(10-12-4-2-8-21-12)11-13-5-3-9-22-13/h2-5,8-9H,1,6-7,10-11H2,(H,16,20)(H,18,19). The van der Waals surface area contributed by atoms with E-state index in [1.165, 1.54) is 0 Å². The molecule has 2 heterocycles. The fraction of sp³-hybridized carbons (Fsp3) is 0.333. The third-order valence-corrected chi connectivity index (χ3v) is 2.98. The van der Waals surface area contributed by atoms with E-state index in [-0.39, 0.29) is 12.5 Å². The Kier molecular flexibility index (Phi) is 5.65. The third-order valence-electron chi connectivity index (χ3n) is 2.98. The molecule has 7 nitrogen and oxygen atoms in total. The summed E-state index contributed by atoms with van der Waals surface area (Å²) in [6.45, 7) is 0.912. The number of carbonyl (C=O) groups excluding carboxylic acids is 1. The van der Waals surface area contributed by atoms with Gasteiger partial charge in [-0.25, -0.2) is 4.79 Å². The summed E-state index contributed by atoms with van der Waals surface area (Å²) >= 11 is 0. The van der Waals surface area contributed by atoms with Crippen LogP contribution in [0, 0.1) is 0 Å². The molecule has 2 amide bonds. The summed E-state index contributed by atoms with van der Waals surface area (Å²) in [5.74, 6) is 0.441. The van der Waals surface area contributed by atoms with Gasteiger partial charge in [0.15, 0.2) is 0 Å². The minimum absolute atomic E-state index is 0.0245. The van der Waals surface area contributed by atoms with Gasteiger partial charge in [-0.3, -0.25) is 4.79 Å². The molecule has 0 spiro atoms. The Morgan fingerprint density at radius 2 is 1.68 bits per heavy atom. The molecular weight excluding hydrogens is 288 g/mol. The summed E-state index contributed by atoms with van der Waals surface area (Å²) < 4.78 is 10.5. The average molecular weight is 306 g/mol. The van der Waals surface area contributed by atoms with Crippen LogP contribution in [0.25, 0.3) is 0 Å². The average Bonchev–Trinajstić information content (AvgIpc) is 3.16. The predicted octanol–water partition coefficient (Wildman–Crippen LogP) is 2.45. The maximum absolute atomic E-state index is 12.2. The van der Waals surface area contributed by atoms with Crippen molar-refractivity contribution < 1.29 is 23.5 Å². The molecule has 118 valence electrons. The summed E-state index contributed by atoms with van der Waals surface area (Å²) in [4.78, 5) is 24.2. The van der Waals surface area contributed by atoms with E-state index >= 15 is 0 Å². The highest BCUT2D eigenvalue weighted by molar-refractivity contribution is 5.74. The molecule has 0 saturated carbocycles. The molecule has 0 unspecified atom stereocenters. The molecule has 0 saturated heterocycles. The van der Waals surface area contributed by atoms with Crippen molar-refractivity contribution in [2.45, 2.75) is 25.9 Å². The second-order valence-corrected chi connectivity index (χ2v) is 4.74. The zero-order valence-corrected chi connectivity index (χ0v) is 12.0. The smallest absolute Gasteiger partial charge is 0.318 e. The van der Waals surface area contributed by atoms with Gasteiger partial charge < -0.3 is 24.2 Å². The molecular formula is C15H18N2O5. The van der Waals surface area contributed by atoms with E-state index in [9.17, 15) is 9.59 Å². The number of hydrogen-bond acceptors (Lipinski definition) is 4. The number of carboxylic acid groups (broad SMARTS) is 1. The van der Waals surface area contributed by atoms with Crippen LogP contribution in [0.5, 0.6) is 0 Å². The molecule has 0 aliphatic rings. The third kappa shape index (κ3) is 5.01. The lowest BCUT2D eigenvalue weighted by atomic mass is 10.3. The van der Waals surface area contributed by atoms with Gasteiger partial charge in [-0.2, -0.15) is 0 Å². The quantitative estimate of drug-likeness (QED) is 0.730. The highest BCUT2D eigenvalue weighted by Crippen LogP contribution is 2.11. The van der Waals surface area contributed by atoms with E-state index < -0.39 is 5.97 Å². The van der Waals surface area contributed by atoms with Gasteiger partial charge in [0.05, 0.1) is 25.6 Å². The molecule has 7 heteroatoms. The van der Waals surface area contributed by atoms with Gasteiger partial charge in [-0.1, -0.05) is 0 Å². The van der Waals surface area contributed by atoms with Crippen molar-refractivity contribution in [3.05, 3.63) is 48.3 Å². The lowest BCUT2D eigenvalue weighted by Crippen LogP contribution is -2.39. The number of nitrogens with one attached hydrogen (secondary N) is 1. The number of urea groups is 1. The Bertz CT molecular complexity index is 541. The van der Waals surface area contributed by atoms with Crippen molar-refractivity contribution in [1.29, 1.82) is 0 Å². The van der Waals surface area contributed by atoms with Crippen molar-refractivity contribution >= 4 is 12.0 Å². The van der Waals surface area contributed by atoms with Crippen LogP contribution < -0.4 is 5.32 Å². The van der Waals surface area contributed by atoms with Crippen molar-refractivity contribution in [2.24, 2.45) is 0 Å². The Morgan fingerprint density at radius 3 is 2.14 bits per heavy atom. The maximum Gasteiger partial charge on any atom is 0.318 e. The fourth-order valence-electron chi connectivity index (χ4n) is 1.93. The minimum atomic E-state index is -0.878.